The van der Waals surface area contributed by atoms with E-state index in [0.29, 0.717) is 5.75 Å². The molecule has 2 heteroatoms. The van der Waals surface area contributed by atoms with Gasteiger partial charge in [-0.25, -0.2) is 0 Å². The minimum absolute atomic E-state index is 0.280. The number of allylic oxidation sites excluding steroid dienone is 1. The van der Waals surface area contributed by atoms with Gasteiger partial charge in [-0.3, -0.25) is 4.79 Å². The molecule has 0 fully saturated rings. The summed E-state index contributed by atoms with van der Waals surface area (Å²) in [6.45, 7) is 7.26. The molecule has 0 radical (unpaired) electrons. The van der Waals surface area contributed by atoms with Crippen LogP contribution in [0.25, 0.3) is 0 Å². The molecular formula is C13H16O2. The molecule has 0 amide bonds. The Bertz CT molecular complexity index is 367. The summed E-state index contributed by atoms with van der Waals surface area (Å²) < 4.78 is 5.11. The largest absolute Gasteiger partial charge is 0.426 e. The van der Waals surface area contributed by atoms with Crippen LogP contribution < -0.4 is 4.74 Å². The van der Waals surface area contributed by atoms with Crippen molar-refractivity contribution in [3.8, 4) is 5.75 Å². The first-order chi connectivity index (χ1) is 7.09. The second-order valence-corrected chi connectivity index (χ2v) is 3.66. The molecule has 0 spiro atoms. The first-order valence-electron chi connectivity index (χ1n) is 5.00. The molecule has 0 N–H and O–H groups in total. The van der Waals surface area contributed by atoms with E-state index in [1.54, 1.807) is 0 Å². The summed E-state index contributed by atoms with van der Waals surface area (Å²) in [5.74, 6) is 0.379. The molecule has 0 unspecified atom stereocenters. The maximum Gasteiger partial charge on any atom is 0.308 e. The number of hydrogen-bond acceptors (Lipinski definition) is 2. The van der Waals surface area contributed by atoms with Crippen molar-refractivity contribution in [1.82, 2.24) is 0 Å². The van der Waals surface area contributed by atoms with Gasteiger partial charge in [-0.2, -0.15) is 0 Å². The number of para-hydroxylation sites is 1. The summed E-state index contributed by atoms with van der Waals surface area (Å²) in [6, 6.07) is 7.60. The Morgan fingerprint density at radius 1 is 1.33 bits per heavy atom. The van der Waals surface area contributed by atoms with Gasteiger partial charge in [-0.1, -0.05) is 23.8 Å². The first-order valence-corrected chi connectivity index (χ1v) is 5.00. The molecule has 1 aromatic carbocycles. The minimum atomic E-state index is -0.280. The zero-order valence-electron chi connectivity index (χ0n) is 9.25. The average molecular weight is 204 g/mol. The molecule has 2 nitrogen and oxygen atoms in total. The highest BCUT2D eigenvalue weighted by Crippen LogP contribution is 2.20. The van der Waals surface area contributed by atoms with Gasteiger partial charge in [0, 0.05) is 6.92 Å². The van der Waals surface area contributed by atoms with Crippen LogP contribution in [0.2, 0.25) is 0 Å². The van der Waals surface area contributed by atoms with E-state index in [1.807, 2.05) is 31.2 Å². The zero-order valence-corrected chi connectivity index (χ0v) is 9.25. The Morgan fingerprint density at radius 3 is 2.60 bits per heavy atom. The third-order valence-corrected chi connectivity index (χ3v) is 2.05. The van der Waals surface area contributed by atoms with Crippen molar-refractivity contribution in [2.75, 3.05) is 0 Å². The van der Waals surface area contributed by atoms with E-state index in [4.69, 9.17) is 4.74 Å². The lowest BCUT2D eigenvalue weighted by molar-refractivity contribution is -0.131. The lowest BCUT2D eigenvalue weighted by atomic mass is 10.1. The van der Waals surface area contributed by atoms with E-state index < -0.39 is 0 Å². The monoisotopic (exact) mass is 204 g/mol. The van der Waals surface area contributed by atoms with Crippen LogP contribution in [-0.4, -0.2) is 5.97 Å². The summed E-state index contributed by atoms with van der Waals surface area (Å²) in [4.78, 5) is 10.9. The smallest absolute Gasteiger partial charge is 0.308 e. The molecule has 0 bridgehead atoms. The molecule has 0 aliphatic heterocycles. The number of esters is 1. The van der Waals surface area contributed by atoms with E-state index in [2.05, 4.69) is 6.58 Å². The number of carbonyl (C=O) groups is 1. The third-order valence-electron chi connectivity index (χ3n) is 2.05. The van der Waals surface area contributed by atoms with E-state index in [-0.39, 0.29) is 5.97 Å². The van der Waals surface area contributed by atoms with E-state index in [9.17, 15) is 4.79 Å². The standard InChI is InChI=1S/C13H16O2/c1-10(2)8-9-12-6-4-5-7-13(12)15-11(3)14/h4-7H,1,8-9H2,2-3H3. The quantitative estimate of drug-likeness (QED) is 0.428. The summed E-state index contributed by atoms with van der Waals surface area (Å²) in [5.41, 5.74) is 2.18. The summed E-state index contributed by atoms with van der Waals surface area (Å²) in [7, 11) is 0. The maximum absolute atomic E-state index is 10.9. The van der Waals surface area contributed by atoms with Gasteiger partial charge < -0.3 is 4.74 Å². The number of carbonyl (C=O) groups excluding carboxylic acids is 1. The van der Waals surface area contributed by atoms with E-state index in [0.717, 1.165) is 24.0 Å². The molecule has 1 aromatic rings. The van der Waals surface area contributed by atoms with Gasteiger partial charge in [0.15, 0.2) is 0 Å². The molecule has 0 saturated heterocycles. The van der Waals surface area contributed by atoms with E-state index >= 15 is 0 Å². The van der Waals surface area contributed by atoms with Gasteiger partial charge in [0.05, 0.1) is 0 Å². The van der Waals surface area contributed by atoms with Gasteiger partial charge in [-0.15, -0.1) is 6.58 Å². The third kappa shape index (κ3) is 3.98. The fourth-order valence-corrected chi connectivity index (χ4v) is 1.31. The summed E-state index contributed by atoms with van der Waals surface area (Å²) >= 11 is 0. The molecule has 0 saturated carbocycles. The van der Waals surface area contributed by atoms with Crippen molar-refractivity contribution in [2.45, 2.75) is 26.7 Å². The Labute approximate surface area is 90.6 Å². The van der Waals surface area contributed by atoms with Crippen LogP contribution in [0.3, 0.4) is 0 Å². The predicted molar refractivity (Wildman–Crippen MR) is 60.9 cm³/mol. The van der Waals surface area contributed by atoms with Crippen LogP contribution in [0, 0.1) is 0 Å². The number of hydrogen-bond donors (Lipinski definition) is 0. The van der Waals surface area contributed by atoms with Crippen LogP contribution in [-0.2, 0) is 11.2 Å². The van der Waals surface area contributed by atoms with Crippen LogP contribution in [0.1, 0.15) is 25.8 Å². The number of benzene rings is 1. The Kier molecular flexibility index (Phi) is 4.10. The van der Waals surface area contributed by atoms with Gasteiger partial charge in [0.1, 0.15) is 5.75 Å². The molecule has 0 heterocycles. The maximum atomic E-state index is 10.9. The second kappa shape index (κ2) is 5.35. The number of aryl methyl sites for hydroxylation is 1. The van der Waals surface area contributed by atoms with Crippen molar-refractivity contribution in [2.24, 2.45) is 0 Å². The van der Waals surface area contributed by atoms with Crippen molar-refractivity contribution < 1.29 is 9.53 Å². The second-order valence-electron chi connectivity index (χ2n) is 3.66. The Hall–Kier alpha value is -1.57. The van der Waals surface area contributed by atoms with Crippen LogP contribution in [0.4, 0.5) is 0 Å². The topological polar surface area (TPSA) is 26.3 Å². The normalized spacial score (nSPS) is 9.73. The lowest BCUT2D eigenvalue weighted by Crippen LogP contribution is -2.03. The number of ether oxygens (including phenoxy) is 1. The van der Waals surface area contributed by atoms with Gasteiger partial charge in [-0.05, 0) is 31.4 Å². The summed E-state index contributed by atoms with van der Waals surface area (Å²) in [6.07, 6.45) is 1.77. The van der Waals surface area contributed by atoms with Crippen molar-refractivity contribution in [3.05, 3.63) is 42.0 Å². The zero-order chi connectivity index (χ0) is 11.3. The van der Waals surface area contributed by atoms with Crippen molar-refractivity contribution in [1.29, 1.82) is 0 Å². The van der Waals surface area contributed by atoms with E-state index in [1.165, 1.54) is 6.92 Å². The fraction of sp³-hybridized carbons (Fsp3) is 0.308. The van der Waals surface area contributed by atoms with Gasteiger partial charge in [0.2, 0.25) is 0 Å². The highest BCUT2D eigenvalue weighted by molar-refractivity contribution is 5.69. The molecular weight excluding hydrogens is 188 g/mol. The highest BCUT2D eigenvalue weighted by atomic mass is 16.5. The van der Waals surface area contributed by atoms with Gasteiger partial charge in [0.25, 0.3) is 0 Å². The first kappa shape index (κ1) is 11.5. The fourth-order valence-electron chi connectivity index (χ4n) is 1.31. The van der Waals surface area contributed by atoms with Crippen LogP contribution >= 0.6 is 0 Å². The predicted octanol–water partition coefficient (Wildman–Crippen LogP) is 3.12. The molecule has 0 aromatic heterocycles. The number of rotatable bonds is 4. The van der Waals surface area contributed by atoms with Crippen molar-refractivity contribution >= 4 is 5.97 Å². The molecule has 0 aliphatic rings. The SMILES string of the molecule is C=C(C)CCc1ccccc1OC(C)=O. The molecule has 80 valence electrons. The Morgan fingerprint density at radius 2 is 2.00 bits per heavy atom. The Balaban J connectivity index is 2.76. The molecule has 0 atom stereocenters. The van der Waals surface area contributed by atoms with Crippen molar-refractivity contribution in [3.63, 3.8) is 0 Å². The summed E-state index contributed by atoms with van der Waals surface area (Å²) in [5, 5.41) is 0. The average Bonchev–Trinajstić information content (AvgIpc) is 2.15. The van der Waals surface area contributed by atoms with Crippen LogP contribution in [0.5, 0.6) is 5.75 Å². The van der Waals surface area contributed by atoms with Gasteiger partial charge >= 0.3 is 5.97 Å². The molecule has 15 heavy (non-hydrogen) atoms. The lowest BCUT2D eigenvalue weighted by Gasteiger charge is -2.08. The highest BCUT2D eigenvalue weighted by Gasteiger charge is 2.04. The van der Waals surface area contributed by atoms with Crippen LogP contribution in [0.15, 0.2) is 36.4 Å². The molecule has 0 aliphatic carbocycles. The minimum Gasteiger partial charge on any atom is -0.426 e. The molecule has 1 rings (SSSR count).